The highest BCUT2D eigenvalue weighted by molar-refractivity contribution is 5.79. The number of imidazole rings is 1. The van der Waals surface area contributed by atoms with Crippen LogP contribution in [0, 0.1) is 0 Å². The maximum Gasteiger partial charge on any atom is 0.225 e. The SMILES string of the molecule is COc1ccccc1CC(=O)NC(C)c1ncc[nH]1. The predicted octanol–water partition coefficient (Wildman–Crippen LogP) is 1.84. The van der Waals surface area contributed by atoms with Crippen molar-refractivity contribution in [3.63, 3.8) is 0 Å². The van der Waals surface area contributed by atoms with Crippen LogP contribution in [0.4, 0.5) is 0 Å². The number of para-hydroxylation sites is 1. The van der Waals surface area contributed by atoms with Gasteiger partial charge >= 0.3 is 0 Å². The third-order valence-electron chi connectivity index (χ3n) is 2.85. The fraction of sp³-hybridized carbons (Fsp3) is 0.286. The van der Waals surface area contributed by atoms with Gasteiger partial charge in [0.25, 0.3) is 0 Å². The van der Waals surface area contributed by atoms with E-state index < -0.39 is 0 Å². The van der Waals surface area contributed by atoms with Crippen LogP contribution in [0.2, 0.25) is 0 Å². The number of nitrogens with one attached hydrogen (secondary N) is 2. The smallest absolute Gasteiger partial charge is 0.225 e. The molecule has 1 aromatic heterocycles. The van der Waals surface area contributed by atoms with Crippen LogP contribution in [0.3, 0.4) is 0 Å². The topological polar surface area (TPSA) is 67.0 Å². The van der Waals surface area contributed by atoms with Crippen LogP contribution in [0.5, 0.6) is 5.75 Å². The number of methoxy groups -OCH3 is 1. The molecule has 2 aromatic rings. The molecule has 0 aliphatic carbocycles. The molecule has 2 rings (SSSR count). The van der Waals surface area contributed by atoms with Crippen LogP contribution >= 0.6 is 0 Å². The van der Waals surface area contributed by atoms with Gasteiger partial charge in [0.2, 0.25) is 5.91 Å². The Morgan fingerprint density at radius 1 is 1.47 bits per heavy atom. The van der Waals surface area contributed by atoms with Crippen molar-refractivity contribution in [1.29, 1.82) is 0 Å². The average molecular weight is 259 g/mol. The van der Waals surface area contributed by atoms with Gasteiger partial charge < -0.3 is 15.0 Å². The first-order chi connectivity index (χ1) is 9.20. The fourth-order valence-corrected chi connectivity index (χ4v) is 1.90. The molecule has 0 aliphatic heterocycles. The van der Waals surface area contributed by atoms with E-state index in [1.165, 1.54) is 0 Å². The number of hydrogen-bond acceptors (Lipinski definition) is 3. The van der Waals surface area contributed by atoms with E-state index in [4.69, 9.17) is 4.74 Å². The van der Waals surface area contributed by atoms with Gasteiger partial charge in [0, 0.05) is 18.0 Å². The lowest BCUT2D eigenvalue weighted by molar-refractivity contribution is -0.121. The quantitative estimate of drug-likeness (QED) is 0.861. The molecule has 1 heterocycles. The number of hydrogen-bond donors (Lipinski definition) is 2. The fourth-order valence-electron chi connectivity index (χ4n) is 1.90. The van der Waals surface area contributed by atoms with Gasteiger partial charge in [0.05, 0.1) is 19.6 Å². The molecule has 5 heteroatoms. The summed E-state index contributed by atoms with van der Waals surface area (Å²) in [6.07, 6.45) is 3.69. The molecule has 2 N–H and O–H groups in total. The van der Waals surface area contributed by atoms with E-state index in [1.807, 2.05) is 31.2 Å². The molecule has 1 aromatic carbocycles. The number of amides is 1. The van der Waals surface area contributed by atoms with Crippen molar-refractivity contribution >= 4 is 5.91 Å². The number of carbonyl (C=O) groups excluding carboxylic acids is 1. The van der Waals surface area contributed by atoms with Gasteiger partial charge in [-0.1, -0.05) is 18.2 Å². The second kappa shape index (κ2) is 6.04. The third-order valence-corrected chi connectivity index (χ3v) is 2.85. The van der Waals surface area contributed by atoms with Crippen LogP contribution < -0.4 is 10.1 Å². The lowest BCUT2D eigenvalue weighted by atomic mass is 10.1. The minimum atomic E-state index is -0.141. The Hall–Kier alpha value is -2.30. The first-order valence-corrected chi connectivity index (χ1v) is 6.11. The van der Waals surface area contributed by atoms with E-state index in [-0.39, 0.29) is 18.4 Å². The van der Waals surface area contributed by atoms with Crippen molar-refractivity contribution in [2.45, 2.75) is 19.4 Å². The van der Waals surface area contributed by atoms with Gasteiger partial charge in [-0.3, -0.25) is 4.79 Å². The van der Waals surface area contributed by atoms with E-state index in [0.717, 1.165) is 17.1 Å². The third kappa shape index (κ3) is 3.34. The molecule has 0 bridgehead atoms. The molecule has 1 unspecified atom stereocenters. The van der Waals surface area contributed by atoms with Crippen LogP contribution in [0.25, 0.3) is 0 Å². The second-order valence-electron chi connectivity index (χ2n) is 4.25. The standard InChI is InChI=1S/C14H17N3O2/c1-10(14-15-7-8-16-14)17-13(18)9-11-5-3-4-6-12(11)19-2/h3-8,10H,9H2,1-2H3,(H,15,16)(H,17,18). The summed E-state index contributed by atoms with van der Waals surface area (Å²) in [7, 11) is 1.60. The predicted molar refractivity (Wildman–Crippen MR) is 71.8 cm³/mol. The van der Waals surface area contributed by atoms with E-state index in [1.54, 1.807) is 19.5 Å². The number of H-pyrrole nitrogens is 1. The molecular formula is C14H17N3O2. The van der Waals surface area contributed by atoms with Crippen LogP contribution in [0.1, 0.15) is 24.4 Å². The van der Waals surface area contributed by atoms with Crippen molar-refractivity contribution in [1.82, 2.24) is 15.3 Å². The monoisotopic (exact) mass is 259 g/mol. The first-order valence-electron chi connectivity index (χ1n) is 6.11. The lowest BCUT2D eigenvalue weighted by Crippen LogP contribution is -2.28. The largest absolute Gasteiger partial charge is 0.496 e. The maximum atomic E-state index is 12.0. The van der Waals surface area contributed by atoms with Crippen molar-refractivity contribution in [3.05, 3.63) is 48.0 Å². The van der Waals surface area contributed by atoms with Crippen LogP contribution in [-0.4, -0.2) is 23.0 Å². The zero-order chi connectivity index (χ0) is 13.7. The van der Waals surface area contributed by atoms with E-state index in [9.17, 15) is 4.79 Å². The second-order valence-corrected chi connectivity index (χ2v) is 4.25. The molecular weight excluding hydrogens is 242 g/mol. The zero-order valence-corrected chi connectivity index (χ0v) is 11.0. The summed E-state index contributed by atoms with van der Waals surface area (Å²) >= 11 is 0. The molecule has 0 saturated heterocycles. The maximum absolute atomic E-state index is 12.0. The van der Waals surface area contributed by atoms with Crippen molar-refractivity contribution < 1.29 is 9.53 Å². The molecule has 0 fully saturated rings. The summed E-state index contributed by atoms with van der Waals surface area (Å²) in [6, 6.07) is 7.36. The normalized spacial score (nSPS) is 11.9. The molecule has 100 valence electrons. The Bertz CT molecular complexity index is 537. The molecule has 19 heavy (non-hydrogen) atoms. The van der Waals surface area contributed by atoms with E-state index in [0.29, 0.717) is 0 Å². The molecule has 1 atom stereocenters. The van der Waals surface area contributed by atoms with Crippen LogP contribution in [-0.2, 0) is 11.2 Å². The molecule has 0 saturated carbocycles. The zero-order valence-electron chi connectivity index (χ0n) is 11.0. The minimum Gasteiger partial charge on any atom is -0.496 e. The number of rotatable bonds is 5. The summed E-state index contributed by atoms with van der Waals surface area (Å²) in [5.74, 6) is 1.41. The summed E-state index contributed by atoms with van der Waals surface area (Å²) in [4.78, 5) is 19.1. The Balaban J connectivity index is 1.98. The minimum absolute atomic E-state index is 0.0617. The average Bonchev–Trinajstić information content (AvgIpc) is 2.93. The number of ether oxygens (including phenoxy) is 1. The number of aromatic nitrogens is 2. The van der Waals surface area contributed by atoms with Gasteiger partial charge in [-0.05, 0) is 13.0 Å². The first kappa shape index (κ1) is 13.1. The Kier molecular flexibility index (Phi) is 4.18. The van der Waals surface area contributed by atoms with Gasteiger partial charge in [0.15, 0.2) is 0 Å². The molecule has 1 amide bonds. The number of carbonyl (C=O) groups is 1. The molecule has 0 spiro atoms. The van der Waals surface area contributed by atoms with Gasteiger partial charge in [-0.25, -0.2) is 4.98 Å². The van der Waals surface area contributed by atoms with Gasteiger partial charge in [0.1, 0.15) is 11.6 Å². The summed E-state index contributed by atoms with van der Waals surface area (Å²) in [5.41, 5.74) is 0.870. The van der Waals surface area contributed by atoms with Gasteiger partial charge in [-0.15, -0.1) is 0 Å². The summed E-state index contributed by atoms with van der Waals surface area (Å²) in [5, 5.41) is 2.89. The highest BCUT2D eigenvalue weighted by atomic mass is 16.5. The van der Waals surface area contributed by atoms with Gasteiger partial charge in [-0.2, -0.15) is 0 Å². The summed E-state index contributed by atoms with van der Waals surface area (Å²) < 4.78 is 5.22. The van der Waals surface area contributed by atoms with Crippen molar-refractivity contribution in [2.75, 3.05) is 7.11 Å². The van der Waals surface area contributed by atoms with E-state index >= 15 is 0 Å². The number of benzene rings is 1. The molecule has 0 radical (unpaired) electrons. The van der Waals surface area contributed by atoms with Crippen molar-refractivity contribution in [2.24, 2.45) is 0 Å². The lowest BCUT2D eigenvalue weighted by Gasteiger charge is -2.12. The summed E-state index contributed by atoms with van der Waals surface area (Å²) in [6.45, 7) is 1.89. The number of aromatic amines is 1. The molecule has 0 aliphatic rings. The van der Waals surface area contributed by atoms with Crippen molar-refractivity contribution in [3.8, 4) is 5.75 Å². The van der Waals surface area contributed by atoms with E-state index in [2.05, 4.69) is 15.3 Å². The Morgan fingerprint density at radius 2 is 2.26 bits per heavy atom. The Labute approximate surface area is 112 Å². The number of nitrogens with zero attached hydrogens (tertiary/aromatic N) is 1. The molecule has 5 nitrogen and oxygen atoms in total. The highest BCUT2D eigenvalue weighted by Gasteiger charge is 2.13. The van der Waals surface area contributed by atoms with Crippen LogP contribution in [0.15, 0.2) is 36.7 Å². The highest BCUT2D eigenvalue weighted by Crippen LogP contribution is 2.18. The Morgan fingerprint density at radius 3 is 2.95 bits per heavy atom.